The third-order valence-corrected chi connectivity index (χ3v) is 5.19. The van der Waals surface area contributed by atoms with E-state index >= 15 is 0 Å². The molecule has 5 heteroatoms. The Morgan fingerprint density at radius 2 is 2.11 bits per heavy atom. The Balaban J connectivity index is 2.53. The molecule has 19 heavy (non-hydrogen) atoms. The number of nitriles is 1. The molecular weight excluding hydrogens is 258 g/mol. The summed E-state index contributed by atoms with van der Waals surface area (Å²) >= 11 is 1.63. The lowest BCUT2D eigenvalue weighted by Gasteiger charge is -2.39. The molecule has 1 aliphatic carbocycles. The highest BCUT2D eigenvalue weighted by atomic mass is 32.2. The minimum Gasteiger partial charge on any atom is -0.330 e. The highest BCUT2D eigenvalue weighted by Crippen LogP contribution is 2.32. The minimum atomic E-state index is -0.563. The van der Waals surface area contributed by atoms with Gasteiger partial charge in [-0.05, 0) is 25.8 Å². The fourth-order valence-electron chi connectivity index (χ4n) is 2.53. The molecule has 1 unspecified atom stereocenters. The van der Waals surface area contributed by atoms with Crippen LogP contribution in [0.15, 0.2) is 0 Å². The van der Waals surface area contributed by atoms with E-state index in [2.05, 4.69) is 13.0 Å². The maximum Gasteiger partial charge on any atom is 0.233 e. The van der Waals surface area contributed by atoms with E-state index in [4.69, 9.17) is 5.73 Å². The van der Waals surface area contributed by atoms with Crippen molar-refractivity contribution < 1.29 is 4.79 Å². The van der Waals surface area contributed by atoms with Gasteiger partial charge in [-0.25, -0.2) is 0 Å². The van der Waals surface area contributed by atoms with Crippen LogP contribution in [-0.4, -0.2) is 40.9 Å². The van der Waals surface area contributed by atoms with Crippen molar-refractivity contribution in [3.63, 3.8) is 0 Å². The number of nitrogens with zero attached hydrogens (tertiary/aromatic N) is 2. The largest absolute Gasteiger partial charge is 0.330 e. The van der Waals surface area contributed by atoms with Crippen LogP contribution in [0.2, 0.25) is 0 Å². The van der Waals surface area contributed by atoms with Gasteiger partial charge < -0.3 is 10.6 Å². The molecular formula is C14H25N3OS. The third kappa shape index (κ3) is 4.39. The maximum absolute atomic E-state index is 12.2. The van der Waals surface area contributed by atoms with Crippen LogP contribution in [0, 0.1) is 11.3 Å². The van der Waals surface area contributed by atoms with E-state index in [0.717, 1.165) is 32.1 Å². The third-order valence-electron chi connectivity index (χ3n) is 3.97. The SMILES string of the molecule is CC(CCN)SCC(=O)N(C)C1(C#N)CCCCC1. The van der Waals surface area contributed by atoms with Gasteiger partial charge in [-0.2, -0.15) is 5.26 Å². The Bertz CT molecular complexity index is 334. The van der Waals surface area contributed by atoms with Crippen molar-refractivity contribution in [3.8, 4) is 6.07 Å². The molecule has 108 valence electrons. The number of hydrogen-bond acceptors (Lipinski definition) is 4. The second-order valence-corrected chi connectivity index (χ2v) is 6.78. The first kappa shape index (κ1) is 16.3. The smallest absolute Gasteiger partial charge is 0.233 e. The molecule has 1 fully saturated rings. The Morgan fingerprint density at radius 3 is 2.63 bits per heavy atom. The van der Waals surface area contributed by atoms with Crippen molar-refractivity contribution in [1.29, 1.82) is 5.26 Å². The lowest BCUT2D eigenvalue weighted by molar-refractivity contribution is -0.131. The van der Waals surface area contributed by atoms with Crippen LogP contribution in [0.1, 0.15) is 45.4 Å². The zero-order valence-electron chi connectivity index (χ0n) is 12.0. The summed E-state index contributed by atoms with van der Waals surface area (Å²) < 4.78 is 0. The predicted molar refractivity (Wildman–Crippen MR) is 79.8 cm³/mol. The minimum absolute atomic E-state index is 0.0670. The van der Waals surface area contributed by atoms with Crippen LogP contribution in [0.25, 0.3) is 0 Å². The summed E-state index contributed by atoms with van der Waals surface area (Å²) in [5, 5.41) is 9.85. The summed E-state index contributed by atoms with van der Waals surface area (Å²) in [5.41, 5.74) is 4.94. The van der Waals surface area contributed by atoms with Crippen molar-refractivity contribution in [1.82, 2.24) is 4.90 Å². The number of carbonyl (C=O) groups excluding carboxylic acids is 1. The number of nitrogens with two attached hydrogens (primary N) is 1. The summed E-state index contributed by atoms with van der Waals surface area (Å²) in [5.74, 6) is 0.512. The second kappa shape index (κ2) is 7.76. The highest BCUT2D eigenvalue weighted by molar-refractivity contribution is 8.00. The van der Waals surface area contributed by atoms with Crippen molar-refractivity contribution in [2.75, 3.05) is 19.3 Å². The molecule has 1 amide bonds. The summed E-state index contributed by atoms with van der Waals surface area (Å²) in [6, 6.07) is 2.39. The molecule has 0 spiro atoms. The van der Waals surface area contributed by atoms with Gasteiger partial charge in [-0.15, -0.1) is 11.8 Å². The van der Waals surface area contributed by atoms with Gasteiger partial charge in [0.1, 0.15) is 5.54 Å². The zero-order chi connectivity index (χ0) is 14.3. The number of rotatable bonds is 6. The standard InChI is InChI=1S/C14H25N3OS/c1-12(6-9-15)19-10-13(18)17(2)14(11-16)7-4-3-5-8-14/h12H,3-10,15H2,1-2H3. The van der Waals surface area contributed by atoms with E-state index in [1.807, 2.05) is 0 Å². The summed E-state index contributed by atoms with van der Waals surface area (Å²) in [7, 11) is 1.78. The number of carbonyl (C=O) groups is 1. The Labute approximate surface area is 120 Å². The van der Waals surface area contributed by atoms with E-state index in [1.54, 1.807) is 23.7 Å². The number of amides is 1. The molecule has 0 heterocycles. The van der Waals surface area contributed by atoms with Gasteiger partial charge in [0.2, 0.25) is 5.91 Å². The van der Waals surface area contributed by atoms with Gasteiger partial charge in [0, 0.05) is 12.3 Å². The Morgan fingerprint density at radius 1 is 1.47 bits per heavy atom. The van der Waals surface area contributed by atoms with E-state index in [-0.39, 0.29) is 5.91 Å². The molecule has 0 aromatic carbocycles. The van der Waals surface area contributed by atoms with E-state index < -0.39 is 5.54 Å². The van der Waals surface area contributed by atoms with Crippen molar-refractivity contribution >= 4 is 17.7 Å². The van der Waals surface area contributed by atoms with E-state index in [9.17, 15) is 10.1 Å². The van der Waals surface area contributed by atoms with Crippen molar-refractivity contribution in [2.24, 2.45) is 5.73 Å². The first-order valence-electron chi connectivity index (χ1n) is 7.05. The second-order valence-electron chi connectivity index (χ2n) is 5.36. The summed E-state index contributed by atoms with van der Waals surface area (Å²) in [4.78, 5) is 13.9. The van der Waals surface area contributed by atoms with Crippen LogP contribution in [-0.2, 0) is 4.79 Å². The molecule has 0 saturated heterocycles. The van der Waals surface area contributed by atoms with Crippen LogP contribution in [0.3, 0.4) is 0 Å². The number of hydrogen-bond donors (Lipinski definition) is 1. The quantitative estimate of drug-likeness (QED) is 0.811. The number of thioether (sulfide) groups is 1. The summed E-state index contributed by atoms with van der Waals surface area (Å²) in [6.07, 6.45) is 5.81. The van der Waals surface area contributed by atoms with Crippen molar-refractivity contribution in [2.45, 2.75) is 56.2 Å². The fraction of sp³-hybridized carbons (Fsp3) is 0.857. The topological polar surface area (TPSA) is 70.1 Å². The summed E-state index contributed by atoms with van der Waals surface area (Å²) in [6.45, 7) is 2.74. The highest BCUT2D eigenvalue weighted by Gasteiger charge is 2.38. The van der Waals surface area contributed by atoms with Gasteiger partial charge in [-0.3, -0.25) is 4.79 Å². The van der Waals surface area contributed by atoms with Crippen LogP contribution < -0.4 is 5.73 Å². The molecule has 4 nitrogen and oxygen atoms in total. The molecule has 1 rings (SSSR count). The molecule has 0 radical (unpaired) electrons. The molecule has 1 atom stereocenters. The van der Waals surface area contributed by atoms with Crippen molar-refractivity contribution in [3.05, 3.63) is 0 Å². The van der Waals surface area contributed by atoms with Crippen LogP contribution in [0.5, 0.6) is 0 Å². The monoisotopic (exact) mass is 283 g/mol. The first-order valence-corrected chi connectivity index (χ1v) is 8.10. The molecule has 1 saturated carbocycles. The molecule has 0 bridgehead atoms. The van der Waals surface area contributed by atoms with Gasteiger partial charge in [-0.1, -0.05) is 26.2 Å². The fourth-order valence-corrected chi connectivity index (χ4v) is 3.45. The van der Waals surface area contributed by atoms with Gasteiger partial charge >= 0.3 is 0 Å². The zero-order valence-corrected chi connectivity index (χ0v) is 12.8. The van der Waals surface area contributed by atoms with E-state index in [1.165, 1.54) is 6.42 Å². The molecule has 2 N–H and O–H groups in total. The normalized spacial score (nSPS) is 19.5. The average Bonchev–Trinajstić information content (AvgIpc) is 2.45. The molecule has 1 aliphatic rings. The molecule has 0 aromatic rings. The van der Waals surface area contributed by atoms with E-state index in [0.29, 0.717) is 17.5 Å². The predicted octanol–water partition coefficient (Wildman–Crippen LogP) is 2.14. The lowest BCUT2D eigenvalue weighted by Crippen LogP contribution is -2.50. The Kier molecular flexibility index (Phi) is 6.67. The van der Waals surface area contributed by atoms with Gasteiger partial charge in [0.05, 0.1) is 11.8 Å². The molecule has 0 aliphatic heterocycles. The maximum atomic E-state index is 12.2. The van der Waals surface area contributed by atoms with Crippen LogP contribution in [0.4, 0.5) is 0 Å². The average molecular weight is 283 g/mol. The lowest BCUT2D eigenvalue weighted by atomic mass is 9.81. The van der Waals surface area contributed by atoms with Crippen LogP contribution >= 0.6 is 11.8 Å². The first-order chi connectivity index (χ1) is 9.05. The Hall–Kier alpha value is -0.730. The van der Waals surface area contributed by atoms with Gasteiger partial charge in [0.15, 0.2) is 0 Å². The van der Waals surface area contributed by atoms with Gasteiger partial charge in [0.25, 0.3) is 0 Å². The molecule has 0 aromatic heterocycles.